The summed E-state index contributed by atoms with van der Waals surface area (Å²) in [5.41, 5.74) is -4.62. The third kappa shape index (κ3) is 5.53. The number of fused-ring (bicyclic) bond motifs is 1. The first-order valence-corrected chi connectivity index (χ1v) is 12.3. The molecule has 0 aliphatic heterocycles. The minimum atomic E-state index is -5.21. The molecule has 36 heavy (non-hydrogen) atoms. The molecule has 0 spiro atoms. The molecule has 198 valence electrons. The largest absolute Gasteiger partial charge is 0.431 e. The van der Waals surface area contributed by atoms with Crippen LogP contribution < -0.4 is 10.0 Å². The maximum atomic E-state index is 13.8. The van der Waals surface area contributed by atoms with Crippen LogP contribution in [0.4, 0.5) is 32.2 Å². The number of hydrogen-bond donors (Lipinski definition) is 2. The van der Waals surface area contributed by atoms with E-state index in [1.165, 1.54) is 0 Å². The number of sulfonamides is 1. The second-order valence-electron chi connectivity index (χ2n) is 8.25. The van der Waals surface area contributed by atoms with E-state index < -0.39 is 62.0 Å². The summed E-state index contributed by atoms with van der Waals surface area (Å²) in [6.07, 6.45) is -8.47. The minimum Gasteiger partial charge on any atom is -0.365 e. The SMILES string of the molecule is CC(C)[C@@H](C)Nc1c(-n2cc(C(F)(F)F)cc2C(F)(F)F)c(Cl)nc2c(C(=O)NS(C)(=O)=O)cnn12. The maximum Gasteiger partial charge on any atom is 0.431 e. The molecule has 0 radical (unpaired) electrons. The third-order valence-corrected chi connectivity index (χ3v) is 5.96. The van der Waals surface area contributed by atoms with Gasteiger partial charge in [-0.2, -0.15) is 36.0 Å². The molecule has 0 saturated heterocycles. The van der Waals surface area contributed by atoms with Crippen molar-refractivity contribution in [1.29, 1.82) is 0 Å². The summed E-state index contributed by atoms with van der Waals surface area (Å²) in [7, 11) is -4.00. The van der Waals surface area contributed by atoms with E-state index in [-0.39, 0.29) is 34.2 Å². The molecule has 1 atom stereocenters. The van der Waals surface area contributed by atoms with Crippen LogP contribution >= 0.6 is 11.6 Å². The Hall–Kier alpha value is -3.01. The van der Waals surface area contributed by atoms with Gasteiger partial charge in [-0.1, -0.05) is 25.4 Å². The smallest absolute Gasteiger partial charge is 0.365 e. The normalized spacial score (nSPS) is 13.9. The molecule has 3 heterocycles. The van der Waals surface area contributed by atoms with E-state index in [1.54, 1.807) is 25.5 Å². The molecular weight excluding hydrogens is 542 g/mol. The fourth-order valence-electron chi connectivity index (χ4n) is 3.09. The quantitative estimate of drug-likeness (QED) is 0.342. The number of hydrogen-bond acceptors (Lipinski definition) is 6. The van der Waals surface area contributed by atoms with E-state index >= 15 is 0 Å². The number of anilines is 1. The summed E-state index contributed by atoms with van der Waals surface area (Å²) in [4.78, 5) is 16.3. The number of carbonyl (C=O) groups is 1. The lowest BCUT2D eigenvalue weighted by Gasteiger charge is -2.23. The van der Waals surface area contributed by atoms with E-state index in [4.69, 9.17) is 11.6 Å². The Morgan fingerprint density at radius 2 is 1.72 bits per heavy atom. The van der Waals surface area contributed by atoms with Crippen molar-refractivity contribution in [3.63, 3.8) is 0 Å². The maximum absolute atomic E-state index is 13.8. The van der Waals surface area contributed by atoms with Crippen LogP contribution in [-0.4, -0.2) is 45.8 Å². The molecule has 3 aromatic rings. The summed E-state index contributed by atoms with van der Waals surface area (Å²) >= 11 is 6.21. The van der Waals surface area contributed by atoms with Crippen molar-refractivity contribution < 1.29 is 39.6 Å². The molecule has 0 saturated carbocycles. The first-order chi connectivity index (χ1) is 16.3. The fraction of sp³-hybridized carbons (Fsp3) is 0.421. The number of alkyl halides is 6. The molecule has 0 aliphatic carbocycles. The standard InChI is InChI=1S/C19H19ClF6N6O3S/c1-8(2)9(3)28-16-13(31-7-10(18(21,22)23)5-12(31)19(24,25)26)14(20)29-15-11(6-27-32(15)16)17(33)30-36(4,34)35/h5-9,28H,1-4H3,(H,30,33)/t9-/m1/s1. The van der Waals surface area contributed by atoms with Gasteiger partial charge in [-0.15, -0.1) is 0 Å². The monoisotopic (exact) mass is 560 g/mol. The number of nitrogens with one attached hydrogen (secondary N) is 2. The van der Waals surface area contributed by atoms with Crippen LogP contribution in [0.1, 0.15) is 42.4 Å². The van der Waals surface area contributed by atoms with E-state index in [9.17, 15) is 39.6 Å². The number of amides is 1. The Kier molecular flexibility index (Phi) is 7.00. The topological polar surface area (TPSA) is 110 Å². The van der Waals surface area contributed by atoms with Crippen LogP contribution in [0.3, 0.4) is 0 Å². The van der Waals surface area contributed by atoms with Crippen molar-refractivity contribution in [3.8, 4) is 5.69 Å². The highest BCUT2D eigenvalue weighted by Crippen LogP contribution is 2.41. The molecule has 2 N–H and O–H groups in total. The Morgan fingerprint density at radius 3 is 2.22 bits per heavy atom. The number of carbonyl (C=O) groups excluding carboxylic acids is 1. The van der Waals surface area contributed by atoms with Crippen LogP contribution in [-0.2, 0) is 22.4 Å². The second-order valence-corrected chi connectivity index (χ2v) is 10.4. The van der Waals surface area contributed by atoms with Gasteiger partial charge in [0.05, 0.1) is 18.0 Å². The number of nitrogens with zero attached hydrogens (tertiary/aromatic N) is 4. The van der Waals surface area contributed by atoms with E-state index in [2.05, 4.69) is 15.4 Å². The van der Waals surface area contributed by atoms with E-state index in [0.717, 1.165) is 17.0 Å². The molecule has 0 aliphatic rings. The highest BCUT2D eigenvalue weighted by molar-refractivity contribution is 7.89. The van der Waals surface area contributed by atoms with Gasteiger partial charge in [-0.25, -0.2) is 18.1 Å². The molecular formula is C19H19ClF6N6O3S. The lowest BCUT2D eigenvalue weighted by Crippen LogP contribution is -2.29. The number of aromatic nitrogens is 4. The van der Waals surface area contributed by atoms with Crippen LogP contribution in [0.25, 0.3) is 11.3 Å². The minimum absolute atomic E-state index is 0.0652. The van der Waals surface area contributed by atoms with Crippen LogP contribution in [0.15, 0.2) is 18.5 Å². The average Bonchev–Trinajstić information content (AvgIpc) is 3.30. The molecule has 0 aromatic carbocycles. The highest BCUT2D eigenvalue weighted by Gasteiger charge is 2.42. The van der Waals surface area contributed by atoms with Crippen LogP contribution in [0.5, 0.6) is 0 Å². The van der Waals surface area contributed by atoms with Crippen molar-refractivity contribution in [2.45, 2.75) is 39.2 Å². The van der Waals surface area contributed by atoms with Crippen molar-refractivity contribution in [2.24, 2.45) is 5.92 Å². The van der Waals surface area contributed by atoms with Gasteiger partial charge in [0, 0.05) is 12.2 Å². The molecule has 0 fully saturated rings. The molecule has 9 nitrogen and oxygen atoms in total. The third-order valence-electron chi connectivity index (χ3n) is 5.15. The summed E-state index contributed by atoms with van der Waals surface area (Å²) in [6.45, 7) is 5.19. The summed E-state index contributed by atoms with van der Waals surface area (Å²) in [5, 5.41) is 6.09. The van der Waals surface area contributed by atoms with Gasteiger partial charge in [0.15, 0.2) is 16.6 Å². The fourth-order valence-corrected chi connectivity index (χ4v) is 3.79. The Morgan fingerprint density at radius 1 is 1.11 bits per heavy atom. The molecule has 3 aromatic heterocycles. The van der Waals surface area contributed by atoms with Crippen molar-refractivity contribution in [2.75, 3.05) is 11.6 Å². The zero-order chi connectivity index (χ0) is 27.4. The van der Waals surface area contributed by atoms with E-state index in [0.29, 0.717) is 0 Å². The lowest BCUT2D eigenvalue weighted by atomic mass is 10.1. The zero-order valence-electron chi connectivity index (χ0n) is 19.0. The van der Waals surface area contributed by atoms with E-state index in [1.807, 2.05) is 0 Å². The molecule has 1 amide bonds. The first kappa shape index (κ1) is 27.6. The van der Waals surface area contributed by atoms with Gasteiger partial charge in [0.25, 0.3) is 5.91 Å². The lowest BCUT2D eigenvalue weighted by molar-refractivity contribution is -0.143. The summed E-state index contributed by atoms with van der Waals surface area (Å²) in [5.74, 6) is -1.58. The van der Waals surface area contributed by atoms with Gasteiger partial charge >= 0.3 is 12.4 Å². The van der Waals surface area contributed by atoms with Crippen molar-refractivity contribution >= 4 is 39.0 Å². The van der Waals surface area contributed by atoms with Gasteiger partial charge in [-0.3, -0.25) is 4.79 Å². The second kappa shape index (κ2) is 9.14. The van der Waals surface area contributed by atoms with Gasteiger partial charge < -0.3 is 9.88 Å². The van der Waals surface area contributed by atoms with Gasteiger partial charge in [0.1, 0.15) is 16.9 Å². The summed E-state index contributed by atoms with van der Waals surface area (Å²) < 4.78 is 107. The predicted octanol–water partition coefficient (Wildman–Crippen LogP) is 4.36. The molecule has 0 unspecified atom stereocenters. The highest BCUT2D eigenvalue weighted by atomic mass is 35.5. The average molecular weight is 561 g/mol. The first-order valence-electron chi connectivity index (χ1n) is 10.0. The zero-order valence-corrected chi connectivity index (χ0v) is 20.5. The Balaban J connectivity index is 2.39. The van der Waals surface area contributed by atoms with Crippen molar-refractivity contribution in [1.82, 2.24) is 23.9 Å². The Labute approximate surface area is 205 Å². The summed E-state index contributed by atoms with van der Waals surface area (Å²) in [6, 6.07) is -0.542. The van der Waals surface area contributed by atoms with Crippen LogP contribution in [0, 0.1) is 5.92 Å². The molecule has 0 bridgehead atoms. The van der Waals surface area contributed by atoms with Crippen LogP contribution in [0.2, 0.25) is 5.15 Å². The molecule has 17 heteroatoms. The van der Waals surface area contributed by atoms with Gasteiger partial charge in [0.2, 0.25) is 10.0 Å². The van der Waals surface area contributed by atoms with Gasteiger partial charge in [-0.05, 0) is 18.9 Å². The molecule has 3 rings (SSSR count). The predicted molar refractivity (Wildman–Crippen MR) is 118 cm³/mol. The Bertz CT molecular complexity index is 1430. The number of halogens is 7. The van der Waals surface area contributed by atoms with Crippen molar-refractivity contribution in [3.05, 3.63) is 40.4 Å². The number of rotatable bonds is 6.